The van der Waals surface area contributed by atoms with E-state index in [9.17, 15) is 9.59 Å². The minimum Gasteiger partial charge on any atom is -0.481 e. The van der Waals surface area contributed by atoms with E-state index >= 15 is 0 Å². The first kappa shape index (κ1) is 16.2. The van der Waals surface area contributed by atoms with E-state index in [0.717, 1.165) is 5.69 Å². The first-order valence-corrected chi connectivity index (χ1v) is 6.76. The molecule has 1 atom stereocenters. The second-order valence-electron chi connectivity index (χ2n) is 5.06. The molecule has 1 aromatic rings. The Morgan fingerprint density at radius 3 is 2.40 bits per heavy atom. The minimum atomic E-state index is -0.945. The first-order valence-electron chi connectivity index (χ1n) is 6.76. The lowest BCUT2D eigenvalue weighted by molar-refractivity contribution is -0.137. The van der Waals surface area contributed by atoms with Crippen LogP contribution in [0.5, 0.6) is 0 Å². The summed E-state index contributed by atoms with van der Waals surface area (Å²) in [6.07, 6.45) is 0.952. The molecule has 0 saturated heterocycles. The van der Waals surface area contributed by atoms with E-state index in [-0.39, 0.29) is 12.3 Å². The van der Waals surface area contributed by atoms with Crippen LogP contribution < -0.4 is 10.6 Å². The van der Waals surface area contributed by atoms with Crippen molar-refractivity contribution in [3.05, 3.63) is 30.3 Å². The van der Waals surface area contributed by atoms with Crippen LogP contribution in [0.1, 0.15) is 33.1 Å². The van der Waals surface area contributed by atoms with E-state index in [1.54, 1.807) is 11.8 Å². The summed E-state index contributed by atoms with van der Waals surface area (Å²) in [6, 6.07) is 9.19. The van der Waals surface area contributed by atoms with Crippen LogP contribution in [-0.2, 0) is 9.59 Å². The van der Waals surface area contributed by atoms with Gasteiger partial charge in [0.05, 0.1) is 5.54 Å². The van der Waals surface area contributed by atoms with Gasteiger partial charge in [-0.1, -0.05) is 25.1 Å². The Morgan fingerprint density at radius 1 is 1.30 bits per heavy atom. The van der Waals surface area contributed by atoms with E-state index in [2.05, 4.69) is 0 Å². The molecule has 1 unspecified atom stereocenters. The number of hydrogen-bond acceptors (Lipinski definition) is 3. The molecule has 0 aliphatic heterocycles. The molecule has 20 heavy (non-hydrogen) atoms. The SMILES string of the molecule is CCC(C)(N)C(=O)N(CCCC(=O)O)c1ccccc1. The molecular formula is C15H22N2O3. The molecule has 5 nitrogen and oxygen atoms in total. The zero-order chi connectivity index (χ0) is 15.2. The molecule has 1 rings (SSSR count). The summed E-state index contributed by atoms with van der Waals surface area (Å²) < 4.78 is 0. The van der Waals surface area contributed by atoms with Gasteiger partial charge < -0.3 is 15.7 Å². The Morgan fingerprint density at radius 2 is 1.90 bits per heavy atom. The van der Waals surface area contributed by atoms with E-state index in [1.807, 2.05) is 37.3 Å². The zero-order valence-electron chi connectivity index (χ0n) is 12.0. The van der Waals surface area contributed by atoms with Crippen molar-refractivity contribution < 1.29 is 14.7 Å². The molecule has 110 valence electrons. The Bertz CT molecular complexity index is 457. The lowest BCUT2D eigenvalue weighted by atomic mass is 9.98. The van der Waals surface area contributed by atoms with E-state index in [4.69, 9.17) is 10.8 Å². The lowest BCUT2D eigenvalue weighted by Crippen LogP contribution is -2.53. The summed E-state index contributed by atoms with van der Waals surface area (Å²) >= 11 is 0. The number of aliphatic carboxylic acids is 1. The van der Waals surface area contributed by atoms with Crippen LogP contribution in [0.2, 0.25) is 0 Å². The number of nitrogens with two attached hydrogens (primary N) is 1. The van der Waals surface area contributed by atoms with Gasteiger partial charge >= 0.3 is 5.97 Å². The average molecular weight is 278 g/mol. The maximum absolute atomic E-state index is 12.5. The van der Waals surface area contributed by atoms with Crippen molar-refractivity contribution in [2.75, 3.05) is 11.4 Å². The van der Waals surface area contributed by atoms with Gasteiger partial charge in [-0.3, -0.25) is 9.59 Å². The number of hydrogen-bond donors (Lipinski definition) is 2. The lowest BCUT2D eigenvalue weighted by Gasteiger charge is -2.31. The summed E-state index contributed by atoms with van der Waals surface area (Å²) in [6.45, 7) is 3.91. The van der Waals surface area contributed by atoms with Gasteiger partial charge in [0.25, 0.3) is 0 Å². The second kappa shape index (κ2) is 7.05. The Kier molecular flexibility index (Phi) is 5.70. The van der Waals surface area contributed by atoms with Crippen LogP contribution in [0.15, 0.2) is 30.3 Å². The van der Waals surface area contributed by atoms with Gasteiger partial charge in [-0.15, -0.1) is 0 Å². The number of carboxylic acid groups (broad SMARTS) is 1. The third kappa shape index (κ3) is 4.35. The number of carbonyl (C=O) groups is 2. The molecule has 0 spiro atoms. The predicted molar refractivity (Wildman–Crippen MR) is 78.5 cm³/mol. The van der Waals surface area contributed by atoms with Gasteiger partial charge in [0.15, 0.2) is 0 Å². The van der Waals surface area contributed by atoms with Crippen molar-refractivity contribution in [2.45, 2.75) is 38.6 Å². The minimum absolute atomic E-state index is 0.0318. The zero-order valence-corrected chi connectivity index (χ0v) is 12.0. The number of anilines is 1. The predicted octanol–water partition coefficient (Wildman–Crippen LogP) is 2.01. The van der Waals surface area contributed by atoms with Gasteiger partial charge in [0, 0.05) is 18.7 Å². The fraction of sp³-hybridized carbons (Fsp3) is 0.467. The highest BCUT2D eigenvalue weighted by Crippen LogP contribution is 2.19. The van der Waals surface area contributed by atoms with Crippen LogP contribution in [0, 0.1) is 0 Å². The largest absolute Gasteiger partial charge is 0.481 e. The summed E-state index contributed by atoms with van der Waals surface area (Å²) in [4.78, 5) is 24.7. The Labute approximate surface area is 119 Å². The maximum Gasteiger partial charge on any atom is 0.303 e. The Hall–Kier alpha value is -1.88. The standard InChI is InChI=1S/C15H22N2O3/c1-3-15(2,16)14(20)17(11-7-10-13(18)19)12-8-5-4-6-9-12/h4-6,8-9H,3,7,10-11,16H2,1-2H3,(H,18,19). The molecule has 3 N–H and O–H groups in total. The number of carboxylic acids is 1. The van der Waals surface area contributed by atoms with Crippen LogP contribution in [0.25, 0.3) is 0 Å². The van der Waals surface area contributed by atoms with Crippen molar-refractivity contribution >= 4 is 17.6 Å². The number of carbonyl (C=O) groups excluding carboxylic acids is 1. The molecule has 0 radical (unpaired) electrons. The molecule has 0 aromatic heterocycles. The summed E-state index contributed by atoms with van der Waals surface area (Å²) in [7, 11) is 0. The maximum atomic E-state index is 12.5. The van der Waals surface area contributed by atoms with Gasteiger partial charge in [0.2, 0.25) is 5.91 Å². The normalized spacial score (nSPS) is 13.6. The molecule has 1 aromatic carbocycles. The van der Waals surface area contributed by atoms with Crippen LogP contribution in [0.3, 0.4) is 0 Å². The summed E-state index contributed by atoms with van der Waals surface area (Å²) in [5, 5.41) is 8.71. The van der Waals surface area contributed by atoms with Gasteiger partial charge in [-0.05, 0) is 31.9 Å². The third-order valence-corrected chi connectivity index (χ3v) is 3.31. The molecule has 0 aliphatic rings. The van der Waals surface area contributed by atoms with Crippen molar-refractivity contribution in [3.8, 4) is 0 Å². The Balaban J connectivity index is 2.90. The van der Waals surface area contributed by atoms with Crippen molar-refractivity contribution in [3.63, 3.8) is 0 Å². The van der Waals surface area contributed by atoms with Crippen molar-refractivity contribution in [1.29, 1.82) is 0 Å². The van der Waals surface area contributed by atoms with Crippen LogP contribution >= 0.6 is 0 Å². The summed E-state index contributed by atoms with van der Waals surface area (Å²) in [5.41, 5.74) is 5.82. The van der Waals surface area contributed by atoms with Crippen LogP contribution in [-0.4, -0.2) is 29.1 Å². The summed E-state index contributed by atoms with van der Waals surface area (Å²) in [5.74, 6) is -1.05. The molecule has 1 amide bonds. The number of nitrogens with zero attached hydrogens (tertiary/aromatic N) is 1. The van der Waals surface area contributed by atoms with E-state index < -0.39 is 11.5 Å². The second-order valence-corrected chi connectivity index (χ2v) is 5.06. The number of rotatable bonds is 7. The molecule has 0 heterocycles. The van der Waals surface area contributed by atoms with Crippen molar-refractivity contribution in [2.24, 2.45) is 5.73 Å². The molecule has 0 saturated carbocycles. The van der Waals surface area contributed by atoms with Gasteiger partial charge in [0.1, 0.15) is 0 Å². The number of para-hydroxylation sites is 1. The fourth-order valence-corrected chi connectivity index (χ4v) is 1.80. The van der Waals surface area contributed by atoms with Gasteiger partial charge in [-0.2, -0.15) is 0 Å². The third-order valence-electron chi connectivity index (χ3n) is 3.31. The highest BCUT2D eigenvalue weighted by molar-refractivity contribution is 5.99. The number of benzene rings is 1. The molecule has 0 aliphatic carbocycles. The van der Waals surface area contributed by atoms with Crippen molar-refractivity contribution in [1.82, 2.24) is 0 Å². The van der Waals surface area contributed by atoms with E-state index in [0.29, 0.717) is 19.4 Å². The highest BCUT2D eigenvalue weighted by Gasteiger charge is 2.31. The van der Waals surface area contributed by atoms with Crippen LogP contribution in [0.4, 0.5) is 5.69 Å². The monoisotopic (exact) mass is 278 g/mol. The quantitative estimate of drug-likeness (QED) is 0.799. The fourth-order valence-electron chi connectivity index (χ4n) is 1.80. The average Bonchev–Trinajstić information content (AvgIpc) is 2.43. The van der Waals surface area contributed by atoms with E-state index in [1.165, 1.54) is 0 Å². The molecular weight excluding hydrogens is 256 g/mol. The molecule has 0 fully saturated rings. The highest BCUT2D eigenvalue weighted by atomic mass is 16.4. The molecule has 0 bridgehead atoms. The smallest absolute Gasteiger partial charge is 0.303 e. The van der Waals surface area contributed by atoms with Gasteiger partial charge in [-0.25, -0.2) is 0 Å². The molecule has 5 heteroatoms. The first-order chi connectivity index (χ1) is 9.38. The number of amides is 1. The topological polar surface area (TPSA) is 83.6 Å².